The Bertz CT molecular complexity index is 673. The third kappa shape index (κ3) is 3.65. The van der Waals surface area contributed by atoms with Crippen LogP contribution in [0.3, 0.4) is 0 Å². The first-order valence-electron chi connectivity index (χ1n) is 8.99. The highest BCUT2D eigenvalue weighted by Gasteiger charge is 2.44. The van der Waals surface area contributed by atoms with Crippen molar-refractivity contribution < 1.29 is 4.74 Å². The zero-order valence-electron chi connectivity index (χ0n) is 14.7. The number of hydrogen-bond acceptors (Lipinski definition) is 6. The zero-order valence-corrected chi connectivity index (χ0v) is 14.7. The van der Waals surface area contributed by atoms with Crippen molar-refractivity contribution in [3.05, 3.63) is 48.5 Å². The van der Waals surface area contributed by atoms with E-state index in [4.69, 9.17) is 4.74 Å². The number of piperidine rings is 1. The summed E-state index contributed by atoms with van der Waals surface area (Å²) in [5, 5.41) is 0. The van der Waals surface area contributed by atoms with E-state index in [1.807, 2.05) is 36.9 Å². The molecule has 2 aliphatic rings. The van der Waals surface area contributed by atoms with Crippen LogP contribution in [0.4, 0.5) is 5.95 Å². The minimum absolute atomic E-state index is 0.0269. The van der Waals surface area contributed by atoms with E-state index in [9.17, 15) is 0 Å². The van der Waals surface area contributed by atoms with Crippen LogP contribution in [-0.2, 0) is 11.3 Å². The lowest BCUT2D eigenvalue weighted by molar-refractivity contribution is -0.0159. The highest BCUT2D eigenvalue weighted by atomic mass is 16.5. The van der Waals surface area contributed by atoms with E-state index in [-0.39, 0.29) is 5.60 Å². The van der Waals surface area contributed by atoms with Crippen LogP contribution >= 0.6 is 0 Å². The molecular weight excluding hydrogens is 314 g/mol. The van der Waals surface area contributed by atoms with E-state index in [0.717, 1.165) is 51.5 Å². The highest BCUT2D eigenvalue weighted by Crippen LogP contribution is 2.38. The predicted molar refractivity (Wildman–Crippen MR) is 96.3 cm³/mol. The van der Waals surface area contributed by atoms with Crippen molar-refractivity contribution in [1.82, 2.24) is 19.9 Å². The molecule has 4 heterocycles. The van der Waals surface area contributed by atoms with Gasteiger partial charge in [0.15, 0.2) is 0 Å². The van der Waals surface area contributed by atoms with Gasteiger partial charge in [-0.15, -0.1) is 0 Å². The monoisotopic (exact) mass is 339 g/mol. The van der Waals surface area contributed by atoms with Crippen molar-refractivity contribution >= 4 is 5.95 Å². The highest BCUT2D eigenvalue weighted by molar-refractivity contribution is 5.29. The molecule has 4 rings (SSSR count). The van der Waals surface area contributed by atoms with Gasteiger partial charge in [0.1, 0.15) is 0 Å². The maximum Gasteiger partial charge on any atom is 0.225 e. The molecule has 0 saturated carbocycles. The lowest BCUT2D eigenvalue weighted by Gasteiger charge is -2.38. The van der Waals surface area contributed by atoms with E-state index in [1.165, 1.54) is 5.56 Å². The van der Waals surface area contributed by atoms with Gasteiger partial charge in [-0.05, 0) is 44.0 Å². The molecule has 2 saturated heterocycles. The van der Waals surface area contributed by atoms with Gasteiger partial charge in [0.25, 0.3) is 0 Å². The molecule has 6 heteroatoms. The third-order valence-corrected chi connectivity index (χ3v) is 5.48. The number of pyridine rings is 1. The third-order valence-electron chi connectivity index (χ3n) is 5.48. The van der Waals surface area contributed by atoms with Crippen LogP contribution in [0.25, 0.3) is 0 Å². The lowest BCUT2D eigenvalue weighted by atomic mass is 9.87. The van der Waals surface area contributed by atoms with Gasteiger partial charge in [0.05, 0.1) is 12.2 Å². The number of anilines is 1. The van der Waals surface area contributed by atoms with E-state index < -0.39 is 0 Å². The minimum atomic E-state index is 0.0269. The standard InChI is InChI=1S/C19H25N5O/c1-23(14-16-4-2-7-20-13-16)17-12-19(25-15-17)5-10-24(11-6-19)18-21-8-3-9-22-18/h2-4,7-9,13,17H,5-6,10-12,14-15H2,1H3/t17-/m1/s1. The van der Waals surface area contributed by atoms with Crippen molar-refractivity contribution in [3.63, 3.8) is 0 Å². The smallest absolute Gasteiger partial charge is 0.225 e. The van der Waals surface area contributed by atoms with Gasteiger partial charge in [-0.1, -0.05) is 6.07 Å². The molecule has 0 aromatic carbocycles. The van der Waals surface area contributed by atoms with Crippen molar-refractivity contribution in [2.75, 3.05) is 31.6 Å². The average molecular weight is 339 g/mol. The van der Waals surface area contributed by atoms with E-state index >= 15 is 0 Å². The molecule has 0 bridgehead atoms. The largest absolute Gasteiger partial charge is 0.373 e. The summed E-state index contributed by atoms with van der Waals surface area (Å²) >= 11 is 0. The summed E-state index contributed by atoms with van der Waals surface area (Å²) < 4.78 is 6.31. The first-order chi connectivity index (χ1) is 12.2. The molecule has 1 spiro atoms. The van der Waals surface area contributed by atoms with Gasteiger partial charge in [-0.25, -0.2) is 9.97 Å². The van der Waals surface area contributed by atoms with Crippen LogP contribution in [-0.4, -0.2) is 58.2 Å². The average Bonchev–Trinajstić information content (AvgIpc) is 3.08. The Balaban J connectivity index is 1.33. The second-order valence-electron chi connectivity index (χ2n) is 7.16. The summed E-state index contributed by atoms with van der Waals surface area (Å²) in [7, 11) is 2.19. The van der Waals surface area contributed by atoms with Crippen LogP contribution in [0, 0.1) is 0 Å². The fraction of sp³-hybridized carbons (Fsp3) is 0.526. The lowest BCUT2D eigenvalue weighted by Crippen LogP contribution is -2.45. The second kappa shape index (κ2) is 7.06. The second-order valence-corrected chi connectivity index (χ2v) is 7.16. The number of hydrogen-bond donors (Lipinski definition) is 0. The number of likely N-dealkylation sites (N-methyl/N-ethyl adjacent to an activating group) is 1. The van der Waals surface area contributed by atoms with Crippen molar-refractivity contribution in [2.24, 2.45) is 0 Å². The van der Waals surface area contributed by atoms with Gasteiger partial charge in [-0.2, -0.15) is 0 Å². The molecule has 0 unspecified atom stereocenters. The van der Waals surface area contributed by atoms with E-state index in [2.05, 4.69) is 37.9 Å². The Hall–Kier alpha value is -2.05. The van der Waals surface area contributed by atoms with Crippen LogP contribution in [0.5, 0.6) is 0 Å². The minimum Gasteiger partial charge on any atom is -0.373 e. The Morgan fingerprint density at radius 3 is 2.72 bits per heavy atom. The molecule has 0 amide bonds. The van der Waals surface area contributed by atoms with Gasteiger partial charge >= 0.3 is 0 Å². The maximum absolute atomic E-state index is 6.31. The molecule has 2 fully saturated rings. The fourth-order valence-electron chi connectivity index (χ4n) is 3.93. The fourth-order valence-corrected chi connectivity index (χ4v) is 3.93. The van der Waals surface area contributed by atoms with E-state index in [1.54, 1.807) is 0 Å². The van der Waals surface area contributed by atoms with Crippen LogP contribution in [0.15, 0.2) is 43.0 Å². The topological polar surface area (TPSA) is 54.4 Å². The Morgan fingerprint density at radius 2 is 2.00 bits per heavy atom. The van der Waals surface area contributed by atoms with Gasteiger partial charge in [0.2, 0.25) is 5.95 Å². The summed E-state index contributed by atoms with van der Waals surface area (Å²) in [4.78, 5) is 17.6. The number of nitrogens with zero attached hydrogens (tertiary/aromatic N) is 5. The molecule has 2 aromatic heterocycles. The van der Waals surface area contributed by atoms with Gasteiger partial charge < -0.3 is 9.64 Å². The molecule has 2 aliphatic heterocycles. The quantitative estimate of drug-likeness (QED) is 0.851. The van der Waals surface area contributed by atoms with Crippen LogP contribution < -0.4 is 4.90 Å². The van der Waals surface area contributed by atoms with Crippen molar-refractivity contribution in [3.8, 4) is 0 Å². The Morgan fingerprint density at radius 1 is 1.20 bits per heavy atom. The summed E-state index contributed by atoms with van der Waals surface area (Å²) in [5.74, 6) is 0.834. The maximum atomic E-state index is 6.31. The van der Waals surface area contributed by atoms with E-state index in [0.29, 0.717) is 6.04 Å². The molecule has 25 heavy (non-hydrogen) atoms. The van der Waals surface area contributed by atoms with Gasteiger partial charge in [0, 0.05) is 50.5 Å². The molecule has 0 aliphatic carbocycles. The first kappa shape index (κ1) is 16.4. The summed E-state index contributed by atoms with van der Waals surface area (Å²) in [6.07, 6.45) is 10.6. The Kier molecular flexibility index (Phi) is 4.63. The first-order valence-corrected chi connectivity index (χ1v) is 8.99. The van der Waals surface area contributed by atoms with Crippen LogP contribution in [0.1, 0.15) is 24.8 Å². The normalized spacial score (nSPS) is 22.6. The molecule has 6 nitrogen and oxygen atoms in total. The molecule has 0 N–H and O–H groups in total. The Labute approximate surface area is 148 Å². The molecule has 0 radical (unpaired) electrons. The number of ether oxygens (including phenoxy) is 1. The molecule has 132 valence electrons. The van der Waals surface area contributed by atoms with Crippen molar-refractivity contribution in [1.29, 1.82) is 0 Å². The van der Waals surface area contributed by atoms with Gasteiger partial charge in [-0.3, -0.25) is 9.88 Å². The van der Waals surface area contributed by atoms with Crippen LogP contribution in [0.2, 0.25) is 0 Å². The summed E-state index contributed by atoms with van der Waals surface area (Å²) in [6, 6.07) is 6.46. The molecule has 1 atom stereocenters. The summed E-state index contributed by atoms with van der Waals surface area (Å²) in [5.41, 5.74) is 1.28. The van der Waals surface area contributed by atoms with Crippen molar-refractivity contribution in [2.45, 2.75) is 37.5 Å². The molecule has 2 aromatic rings. The predicted octanol–water partition coefficient (Wildman–Crippen LogP) is 2.13. The number of rotatable bonds is 4. The summed E-state index contributed by atoms with van der Waals surface area (Å²) in [6.45, 7) is 3.66. The molecular formula is C19H25N5O. The SMILES string of the molecule is CN(Cc1cccnc1)[C@H]1COC2(CCN(c3ncccn3)CC2)C1. The zero-order chi connectivity index (χ0) is 17.1. The number of aromatic nitrogens is 3.